The van der Waals surface area contributed by atoms with Crippen molar-refractivity contribution in [3.05, 3.63) is 0 Å². The van der Waals surface area contributed by atoms with Crippen LogP contribution in [0, 0.1) is 5.92 Å². The van der Waals surface area contributed by atoms with Gasteiger partial charge in [-0.05, 0) is 25.7 Å². The third kappa shape index (κ3) is 1.80. The normalized spacial score (nSPS) is 43.2. The molecule has 1 aliphatic carbocycles. The van der Waals surface area contributed by atoms with E-state index < -0.39 is 0 Å². The molecule has 3 atom stereocenters. The molecule has 1 N–H and O–H groups in total. The van der Waals surface area contributed by atoms with E-state index in [0.717, 1.165) is 25.1 Å². The van der Waals surface area contributed by atoms with Gasteiger partial charge in [-0.1, -0.05) is 12.8 Å². The number of rotatable bonds is 0. The van der Waals surface area contributed by atoms with Crippen LogP contribution in [0.25, 0.3) is 0 Å². The Morgan fingerprint density at radius 1 is 1.25 bits per heavy atom. The third-order valence-corrected chi connectivity index (χ3v) is 3.17. The fraction of sp³-hybridized carbons (Fsp3) is 1.00. The first-order valence-electron chi connectivity index (χ1n) is 5.21. The molecule has 0 aromatic carbocycles. The van der Waals surface area contributed by atoms with E-state index in [2.05, 4.69) is 12.2 Å². The van der Waals surface area contributed by atoms with Crippen LogP contribution in [0.1, 0.15) is 32.6 Å². The van der Waals surface area contributed by atoms with Gasteiger partial charge in [-0.3, -0.25) is 0 Å². The maximum Gasteiger partial charge on any atom is 0.0671 e. The first-order chi connectivity index (χ1) is 5.86. The van der Waals surface area contributed by atoms with Crippen molar-refractivity contribution in [3.63, 3.8) is 0 Å². The molecule has 1 saturated carbocycles. The minimum absolute atomic E-state index is 0.413. The van der Waals surface area contributed by atoms with Crippen LogP contribution in [0.5, 0.6) is 0 Å². The van der Waals surface area contributed by atoms with E-state index in [1.54, 1.807) is 0 Å². The van der Waals surface area contributed by atoms with Crippen LogP contribution in [0.3, 0.4) is 0 Å². The van der Waals surface area contributed by atoms with E-state index in [9.17, 15) is 0 Å². The Hall–Kier alpha value is -0.0800. The standard InChI is InChI=1S/C10H19NO/c1-8-6-11-10-5-3-2-4-9(10)7-12-8/h8-11H,2-7H2,1H3. The molecule has 1 heterocycles. The number of fused-ring (bicyclic) bond motifs is 1. The fourth-order valence-electron chi connectivity index (χ4n) is 2.34. The smallest absolute Gasteiger partial charge is 0.0671 e. The van der Waals surface area contributed by atoms with Gasteiger partial charge in [0.1, 0.15) is 0 Å². The molecule has 0 spiro atoms. The number of hydrogen-bond acceptors (Lipinski definition) is 2. The summed E-state index contributed by atoms with van der Waals surface area (Å²) in [6, 6.07) is 0.753. The van der Waals surface area contributed by atoms with Gasteiger partial charge in [0.05, 0.1) is 12.7 Å². The van der Waals surface area contributed by atoms with Crippen molar-refractivity contribution in [2.24, 2.45) is 5.92 Å². The summed E-state index contributed by atoms with van der Waals surface area (Å²) in [4.78, 5) is 0. The predicted molar refractivity (Wildman–Crippen MR) is 49.2 cm³/mol. The minimum atomic E-state index is 0.413. The summed E-state index contributed by atoms with van der Waals surface area (Å²) >= 11 is 0. The molecule has 1 saturated heterocycles. The lowest BCUT2D eigenvalue weighted by atomic mass is 9.85. The molecule has 2 nitrogen and oxygen atoms in total. The Labute approximate surface area is 74.7 Å². The summed E-state index contributed by atoms with van der Waals surface area (Å²) in [5, 5.41) is 3.61. The zero-order valence-electron chi connectivity index (χ0n) is 7.88. The summed E-state index contributed by atoms with van der Waals surface area (Å²) in [6.07, 6.45) is 5.95. The second kappa shape index (κ2) is 3.75. The van der Waals surface area contributed by atoms with Crippen molar-refractivity contribution < 1.29 is 4.74 Å². The highest BCUT2D eigenvalue weighted by Gasteiger charge is 2.27. The van der Waals surface area contributed by atoms with Gasteiger partial charge in [0.25, 0.3) is 0 Å². The van der Waals surface area contributed by atoms with Gasteiger partial charge in [-0.15, -0.1) is 0 Å². The van der Waals surface area contributed by atoms with E-state index in [1.807, 2.05) is 0 Å². The summed E-state index contributed by atoms with van der Waals surface area (Å²) in [5.41, 5.74) is 0. The molecular weight excluding hydrogens is 150 g/mol. The van der Waals surface area contributed by atoms with Gasteiger partial charge in [0, 0.05) is 12.6 Å². The lowest BCUT2D eigenvalue weighted by Gasteiger charge is -2.29. The molecular formula is C10H19NO. The zero-order chi connectivity index (χ0) is 8.39. The van der Waals surface area contributed by atoms with Gasteiger partial charge in [-0.25, -0.2) is 0 Å². The summed E-state index contributed by atoms with van der Waals surface area (Å²) in [7, 11) is 0. The molecule has 0 amide bonds. The molecule has 1 aliphatic heterocycles. The Bertz CT molecular complexity index is 133. The maximum absolute atomic E-state index is 5.71. The second-order valence-corrected chi connectivity index (χ2v) is 4.20. The average molecular weight is 169 g/mol. The van der Waals surface area contributed by atoms with Gasteiger partial charge in [0.2, 0.25) is 0 Å². The van der Waals surface area contributed by atoms with Crippen molar-refractivity contribution in [2.45, 2.75) is 44.8 Å². The van der Waals surface area contributed by atoms with Crippen molar-refractivity contribution in [1.82, 2.24) is 5.32 Å². The summed E-state index contributed by atoms with van der Waals surface area (Å²) < 4.78 is 5.71. The topological polar surface area (TPSA) is 21.3 Å². The molecule has 0 aromatic heterocycles. The Kier molecular flexibility index (Phi) is 2.66. The van der Waals surface area contributed by atoms with E-state index >= 15 is 0 Å². The van der Waals surface area contributed by atoms with Gasteiger partial charge in [0.15, 0.2) is 0 Å². The van der Waals surface area contributed by atoms with Crippen LogP contribution in [-0.4, -0.2) is 25.3 Å². The fourth-order valence-corrected chi connectivity index (χ4v) is 2.34. The highest BCUT2D eigenvalue weighted by molar-refractivity contribution is 4.83. The van der Waals surface area contributed by atoms with Crippen LogP contribution in [0.15, 0.2) is 0 Å². The highest BCUT2D eigenvalue weighted by atomic mass is 16.5. The first-order valence-corrected chi connectivity index (χ1v) is 5.21. The predicted octanol–water partition coefficient (Wildman–Crippen LogP) is 1.55. The van der Waals surface area contributed by atoms with E-state index in [4.69, 9.17) is 4.74 Å². The highest BCUT2D eigenvalue weighted by Crippen LogP contribution is 2.26. The number of nitrogens with one attached hydrogen (secondary N) is 1. The molecule has 2 aliphatic rings. The van der Waals surface area contributed by atoms with Gasteiger partial charge >= 0.3 is 0 Å². The molecule has 2 heteroatoms. The van der Waals surface area contributed by atoms with Crippen molar-refractivity contribution >= 4 is 0 Å². The monoisotopic (exact) mass is 169 g/mol. The average Bonchev–Trinajstić information content (AvgIpc) is 2.29. The second-order valence-electron chi connectivity index (χ2n) is 4.20. The lowest BCUT2D eigenvalue weighted by Crippen LogP contribution is -2.39. The molecule has 0 radical (unpaired) electrons. The van der Waals surface area contributed by atoms with E-state index in [0.29, 0.717) is 6.10 Å². The van der Waals surface area contributed by atoms with Gasteiger partial charge < -0.3 is 10.1 Å². The molecule has 2 rings (SSSR count). The Morgan fingerprint density at radius 3 is 3.00 bits per heavy atom. The lowest BCUT2D eigenvalue weighted by molar-refractivity contribution is 0.0514. The Balaban J connectivity index is 1.94. The van der Waals surface area contributed by atoms with E-state index in [-0.39, 0.29) is 0 Å². The third-order valence-electron chi connectivity index (χ3n) is 3.17. The molecule has 3 unspecified atom stereocenters. The van der Waals surface area contributed by atoms with Crippen LogP contribution in [-0.2, 0) is 4.74 Å². The van der Waals surface area contributed by atoms with Crippen molar-refractivity contribution in [1.29, 1.82) is 0 Å². The molecule has 0 aromatic rings. The summed E-state index contributed by atoms with van der Waals surface area (Å²) in [5.74, 6) is 0.795. The van der Waals surface area contributed by atoms with Crippen LogP contribution in [0.4, 0.5) is 0 Å². The maximum atomic E-state index is 5.71. The quantitative estimate of drug-likeness (QED) is 0.594. The van der Waals surface area contributed by atoms with Crippen LogP contribution >= 0.6 is 0 Å². The summed E-state index contributed by atoms with van der Waals surface area (Å²) in [6.45, 7) is 4.18. The molecule has 12 heavy (non-hydrogen) atoms. The van der Waals surface area contributed by atoms with Crippen molar-refractivity contribution in [3.8, 4) is 0 Å². The van der Waals surface area contributed by atoms with Gasteiger partial charge in [-0.2, -0.15) is 0 Å². The zero-order valence-corrected chi connectivity index (χ0v) is 7.88. The number of hydrogen-bond donors (Lipinski definition) is 1. The molecule has 2 fully saturated rings. The SMILES string of the molecule is CC1CNC2CCCCC2CO1. The van der Waals surface area contributed by atoms with Crippen LogP contribution < -0.4 is 5.32 Å². The minimum Gasteiger partial charge on any atom is -0.377 e. The molecule has 0 bridgehead atoms. The largest absolute Gasteiger partial charge is 0.377 e. The van der Waals surface area contributed by atoms with E-state index in [1.165, 1.54) is 25.7 Å². The molecule has 70 valence electrons. The van der Waals surface area contributed by atoms with Crippen LogP contribution in [0.2, 0.25) is 0 Å². The first kappa shape index (κ1) is 8.52. The Morgan fingerprint density at radius 2 is 2.08 bits per heavy atom. The van der Waals surface area contributed by atoms with Crippen molar-refractivity contribution in [2.75, 3.05) is 13.2 Å². The number of ether oxygens (including phenoxy) is 1.